The lowest BCUT2D eigenvalue weighted by atomic mass is 10.1. The molecule has 1 N–H and O–H groups in total. The Labute approximate surface area is 155 Å². The monoisotopic (exact) mass is 366 g/mol. The summed E-state index contributed by atoms with van der Waals surface area (Å²) < 4.78 is 11.8. The van der Waals surface area contributed by atoms with E-state index >= 15 is 0 Å². The molecule has 7 heteroatoms. The Balaban J connectivity index is 2.09. The number of fused-ring (bicyclic) bond motifs is 1. The van der Waals surface area contributed by atoms with Crippen molar-refractivity contribution < 1.29 is 19.4 Å². The number of carbonyl (C=O) groups is 1. The minimum atomic E-state index is -1.10. The molecule has 0 aliphatic rings. The van der Waals surface area contributed by atoms with Crippen molar-refractivity contribution in [3.8, 4) is 11.5 Å². The average molecular weight is 366 g/mol. The lowest BCUT2D eigenvalue weighted by Gasteiger charge is -2.08. The van der Waals surface area contributed by atoms with Crippen LogP contribution in [0, 0.1) is 6.92 Å². The van der Waals surface area contributed by atoms with Crippen molar-refractivity contribution in [2.45, 2.75) is 6.92 Å². The van der Waals surface area contributed by atoms with Crippen molar-refractivity contribution in [3.63, 3.8) is 0 Å². The summed E-state index contributed by atoms with van der Waals surface area (Å²) in [6.45, 7) is 1.65. The van der Waals surface area contributed by atoms with Gasteiger partial charge in [0, 0.05) is 17.3 Å². The van der Waals surface area contributed by atoms with E-state index < -0.39 is 5.97 Å². The summed E-state index contributed by atoms with van der Waals surface area (Å²) in [5.74, 6) is 0.240. The van der Waals surface area contributed by atoms with E-state index in [0.717, 1.165) is 5.56 Å². The molecule has 3 aromatic rings. The number of aromatic nitrogens is 2. The smallest absolute Gasteiger partial charge is 0.337 e. The lowest BCUT2D eigenvalue weighted by Crippen LogP contribution is -2.20. The highest BCUT2D eigenvalue weighted by atomic mass is 16.5. The molecule has 0 radical (unpaired) electrons. The van der Waals surface area contributed by atoms with Gasteiger partial charge in [-0.2, -0.15) is 0 Å². The largest absolute Gasteiger partial charge is 0.497 e. The maximum absolute atomic E-state index is 12.6. The molecular weight excluding hydrogens is 348 g/mol. The summed E-state index contributed by atoms with van der Waals surface area (Å²) in [7, 11) is 3.15. The number of hydrogen-bond donors (Lipinski definition) is 1. The van der Waals surface area contributed by atoms with E-state index in [4.69, 9.17) is 14.6 Å². The van der Waals surface area contributed by atoms with Crippen molar-refractivity contribution in [1.82, 2.24) is 9.38 Å². The standard InChI is InChI=1S/C20H18N2O5/c1-12-16(7-4-13-10-15(26-2)6-8-17(13)27-3)21-18-9-5-14(20(24)25)11-22(18)19(12)23/h4-11H,1-3H3,(H,24,25). The summed E-state index contributed by atoms with van der Waals surface area (Å²) in [6.07, 6.45) is 4.79. The molecule has 2 aromatic heterocycles. The van der Waals surface area contributed by atoms with Gasteiger partial charge in [-0.3, -0.25) is 9.20 Å². The van der Waals surface area contributed by atoms with E-state index in [1.165, 1.54) is 22.7 Å². The molecule has 138 valence electrons. The van der Waals surface area contributed by atoms with E-state index in [0.29, 0.717) is 28.4 Å². The fourth-order valence-electron chi connectivity index (χ4n) is 2.67. The quantitative estimate of drug-likeness (QED) is 0.747. The second kappa shape index (κ2) is 7.33. The van der Waals surface area contributed by atoms with Crippen molar-refractivity contribution >= 4 is 23.8 Å². The molecule has 0 spiro atoms. The van der Waals surface area contributed by atoms with Crippen LogP contribution in [0.2, 0.25) is 0 Å². The molecule has 0 atom stereocenters. The zero-order chi connectivity index (χ0) is 19.6. The summed E-state index contributed by atoms with van der Waals surface area (Å²) in [4.78, 5) is 28.2. The SMILES string of the molecule is COc1ccc(OC)c(C=Cc2nc3ccc(C(=O)O)cn3c(=O)c2C)c1. The van der Waals surface area contributed by atoms with Crippen molar-refractivity contribution in [2.75, 3.05) is 14.2 Å². The third kappa shape index (κ3) is 3.52. The fourth-order valence-corrected chi connectivity index (χ4v) is 2.67. The zero-order valence-electron chi connectivity index (χ0n) is 15.1. The molecule has 0 amide bonds. The first-order valence-corrected chi connectivity index (χ1v) is 8.11. The van der Waals surface area contributed by atoms with Crippen molar-refractivity contribution in [1.29, 1.82) is 0 Å². The maximum atomic E-state index is 12.6. The molecule has 0 saturated heterocycles. The van der Waals surface area contributed by atoms with E-state index in [9.17, 15) is 9.59 Å². The number of methoxy groups -OCH3 is 2. The number of benzene rings is 1. The predicted octanol–water partition coefficient (Wildman–Crippen LogP) is 2.89. The van der Waals surface area contributed by atoms with Gasteiger partial charge in [-0.05, 0) is 49.4 Å². The van der Waals surface area contributed by atoms with Crippen LogP contribution in [0.5, 0.6) is 11.5 Å². The van der Waals surface area contributed by atoms with E-state index in [2.05, 4.69) is 4.98 Å². The lowest BCUT2D eigenvalue weighted by molar-refractivity contribution is 0.0696. The first-order valence-electron chi connectivity index (χ1n) is 8.11. The topological polar surface area (TPSA) is 90.1 Å². The van der Waals surface area contributed by atoms with Gasteiger partial charge >= 0.3 is 5.97 Å². The highest BCUT2D eigenvalue weighted by Gasteiger charge is 2.10. The molecule has 0 aliphatic heterocycles. The van der Waals surface area contributed by atoms with Crippen LogP contribution in [-0.4, -0.2) is 34.7 Å². The van der Waals surface area contributed by atoms with Crippen LogP contribution in [0.25, 0.3) is 17.8 Å². The van der Waals surface area contributed by atoms with Crippen LogP contribution in [0.15, 0.2) is 41.3 Å². The average Bonchev–Trinajstić information content (AvgIpc) is 2.68. The third-order valence-electron chi connectivity index (χ3n) is 4.19. The second-order valence-corrected chi connectivity index (χ2v) is 5.82. The molecule has 3 rings (SSSR count). The molecule has 27 heavy (non-hydrogen) atoms. The van der Waals surface area contributed by atoms with Crippen LogP contribution < -0.4 is 15.0 Å². The summed E-state index contributed by atoms with van der Waals surface area (Å²) >= 11 is 0. The molecule has 0 aliphatic carbocycles. The normalized spacial score (nSPS) is 11.1. The van der Waals surface area contributed by atoms with Gasteiger partial charge < -0.3 is 14.6 Å². The van der Waals surface area contributed by atoms with Crippen LogP contribution in [0.1, 0.15) is 27.2 Å². The molecule has 0 fully saturated rings. The van der Waals surface area contributed by atoms with Crippen LogP contribution >= 0.6 is 0 Å². The van der Waals surface area contributed by atoms with Gasteiger partial charge in [-0.1, -0.05) is 0 Å². The molecule has 0 bridgehead atoms. The number of rotatable bonds is 5. The van der Waals surface area contributed by atoms with Crippen molar-refractivity contribution in [2.24, 2.45) is 0 Å². The number of carboxylic acid groups (broad SMARTS) is 1. The Kier molecular flexibility index (Phi) is 4.94. The first-order chi connectivity index (χ1) is 12.9. The zero-order valence-corrected chi connectivity index (χ0v) is 15.1. The van der Waals surface area contributed by atoms with Gasteiger partial charge in [-0.25, -0.2) is 9.78 Å². The first kappa shape index (κ1) is 18.2. The number of aromatic carboxylic acids is 1. The Bertz CT molecular complexity index is 1120. The highest BCUT2D eigenvalue weighted by molar-refractivity contribution is 5.87. The molecular formula is C20H18N2O5. The third-order valence-corrected chi connectivity index (χ3v) is 4.19. The van der Waals surface area contributed by atoms with E-state index in [1.54, 1.807) is 45.4 Å². The van der Waals surface area contributed by atoms with Crippen molar-refractivity contribution in [3.05, 3.63) is 69.3 Å². The van der Waals surface area contributed by atoms with Gasteiger partial charge in [0.1, 0.15) is 17.1 Å². The van der Waals surface area contributed by atoms with E-state index in [1.807, 2.05) is 6.07 Å². The number of pyridine rings is 1. The summed E-state index contributed by atoms with van der Waals surface area (Å²) in [5.41, 5.74) is 1.75. The number of ether oxygens (including phenoxy) is 2. The van der Waals surface area contributed by atoms with E-state index in [-0.39, 0.29) is 11.1 Å². The predicted molar refractivity (Wildman–Crippen MR) is 102 cm³/mol. The van der Waals surface area contributed by atoms with Gasteiger partial charge in [0.05, 0.1) is 25.5 Å². The number of nitrogens with zero attached hydrogens (tertiary/aromatic N) is 2. The maximum Gasteiger partial charge on any atom is 0.337 e. The molecule has 1 aromatic carbocycles. The number of hydrogen-bond acceptors (Lipinski definition) is 5. The summed E-state index contributed by atoms with van der Waals surface area (Å²) in [5, 5.41) is 9.09. The Morgan fingerprint density at radius 1 is 1.15 bits per heavy atom. The fraction of sp³-hybridized carbons (Fsp3) is 0.150. The molecule has 7 nitrogen and oxygen atoms in total. The minimum absolute atomic E-state index is 0.0233. The number of carboxylic acids is 1. The Hall–Kier alpha value is -3.61. The van der Waals surface area contributed by atoms with Gasteiger partial charge in [0.25, 0.3) is 5.56 Å². The van der Waals surface area contributed by atoms with Crippen LogP contribution in [0.4, 0.5) is 0 Å². The Morgan fingerprint density at radius 3 is 2.59 bits per heavy atom. The minimum Gasteiger partial charge on any atom is -0.497 e. The highest BCUT2D eigenvalue weighted by Crippen LogP contribution is 2.25. The van der Waals surface area contributed by atoms with Gasteiger partial charge in [-0.15, -0.1) is 0 Å². The van der Waals surface area contributed by atoms with Gasteiger partial charge in [0.15, 0.2) is 0 Å². The summed E-state index contributed by atoms with van der Waals surface area (Å²) in [6, 6.07) is 8.33. The van der Waals surface area contributed by atoms with Crippen LogP contribution in [-0.2, 0) is 0 Å². The second-order valence-electron chi connectivity index (χ2n) is 5.82. The Morgan fingerprint density at radius 2 is 1.93 bits per heavy atom. The van der Waals surface area contributed by atoms with Gasteiger partial charge in [0.2, 0.25) is 0 Å². The molecule has 0 unspecified atom stereocenters. The molecule has 2 heterocycles. The van der Waals surface area contributed by atoms with Crippen LogP contribution in [0.3, 0.4) is 0 Å². The molecule has 0 saturated carbocycles.